The maximum Gasteiger partial charge on any atom is 0.258 e. The number of ether oxygens (including phenoxy) is 1. The van der Waals surface area contributed by atoms with E-state index in [-0.39, 0.29) is 16.5 Å². The molecule has 0 aliphatic carbocycles. The molecule has 0 bridgehead atoms. The maximum absolute atomic E-state index is 9.88. The number of phenols is 1. The predicted molar refractivity (Wildman–Crippen MR) is 104 cm³/mol. The third-order valence-corrected chi connectivity index (χ3v) is 4.49. The van der Waals surface area contributed by atoms with Gasteiger partial charge in [0.1, 0.15) is 5.82 Å². The standard InChI is InChI=1S/C19H21ClN4O3/c1-5-24(6-2)16-10-13(7-11(3)21-16)19-22-18(23-27-19)12-8-14(20)17(25)15(9-12)26-4/h7-10,25H,5-6H2,1-4H3. The van der Waals surface area contributed by atoms with Crippen molar-refractivity contribution in [3.63, 3.8) is 0 Å². The van der Waals surface area contributed by atoms with E-state index in [2.05, 4.69) is 33.9 Å². The van der Waals surface area contributed by atoms with Crippen molar-refractivity contribution in [2.45, 2.75) is 20.8 Å². The van der Waals surface area contributed by atoms with Crippen LogP contribution < -0.4 is 9.64 Å². The van der Waals surface area contributed by atoms with Crippen LogP contribution in [0.1, 0.15) is 19.5 Å². The van der Waals surface area contributed by atoms with Crippen LogP contribution in [-0.2, 0) is 0 Å². The molecule has 0 aliphatic heterocycles. The van der Waals surface area contributed by atoms with E-state index >= 15 is 0 Å². The van der Waals surface area contributed by atoms with Crippen molar-refractivity contribution in [2.75, 3.05) is 25.1 Å². The number of nitrogens with zero attached hydrogens (tertiary/aromatic N) is 4. The minimum Gasteiger partial charge on any atom is -0.503 e. The van der Waals surface area contributed by atoms with Crippen LogP contribution in [0.4, 0.5) is 5.82 Å². The second-order valence-electron chi connectivity index (χ2n) is 5.96. The van der Waals surface area contributed by atoms with Gasteiger partial charge in [-0.25, -0.2) is 4.98 Å². The molecule has 0 unspecified atom stereocenters. The number of aromatic hydroxyl groups is 1. The van der Waals surface area contributed by atoms with Crippen LogP contribution >= 0.6 is 11.6 Å². The number of rotatable bonds is 6. The molecule has 1 aromatic carbocycles. The average molecular weight is 389 g/mol. The minimum atomic E-state index is -0.125. The van der Waals surface area contributed by atoms with E-state index in [0.717, 1.165) is 30.2 Å². The van der Waals surface area contributed by atoms with Crippen molar-refractivity contribution in [3.8, 4) is 34.3 Å². The van der Waals surface area contributed by atoms with Gasteiger partial charge in [-0.15, -0.1) is 0 Å². The van der Waals surface area contributed by atoms with E-state index in [1.54, 1.807) is 12.1 Å². The smallest absolute Gasteiger partial charge is 0.258 e. The van der Waals surface area contributed by atoms with Crippen LogP contribution in [0.2, 0.25) is 5.02 Å². The minimum absolute atomic E-state index is 0.125. The fourth-order valence-electron chi connectivity index (χ4n) is 2.80. The summed E-state index contributed by atoms with van der Waals surface area (Å²) in [7, 11) is 1.45. The van der Waals surface area contributed by atoms with Gasteiger partial charge in [0.15, 0.2) is 11.5 Å². The Morgan fingerprint density at radius 2 is 1.85 bits per heavy atom. The Kier molecular flexibility index (Phi) is 5.51. The number of anilines is 1. The van der Waals surface area contributed by atoms with Gasteiger partial charge in [-0.3, -0.25) is 0 Å². The van der Waals surface area contributed by atoms with Crippen LogP contribution in [-0.4, -0.2) is 40.4 Å². The van der Waals surface area contributed by atoms with Crippen molar-refractivity contribution in [2.24, 2.45) is 0 Å². The Morgan fingerprint density at radius 1 is 1.11 bits per heavy atom. The van der Waals surface area contributed by atoms with Gasteiger partial charge in [0.25, 0.3) is 5.89 Å². The first-order chi connectivity index (χ1) is 13.0. The summed E-state index contributed by atoms with van der Waals surface area (Å²) in [6.07, 6.45) is 0. The third-order valence-electron chi connectivity index (χ3n) is 4.21. The first-order valence-corrected chi connectivity index (χ1v) is 8.99. The largest absolute Gasteiger partial charge is 0.503 e. The Morgan fingerprint density at radius 3 is 2.52 bits per heavy atom. The number of benzene rings is 1. The number of hydrogen-bond acceptors (Lipinski definition) is 7. The van der Waals surface area contributed by atoms with Gasteiger partial charge in [-0.2, -0.15) is 4.98 Å². The third kappa shape index (κ3) is 3.83. The highest BCUT2D eigenvalue weighted by Crippen LogP contribution is 2.38. The topological polar surface area (TPSA) is 84.5 Å². The Balaban J connectivity index is 2.01. The molecule has 0 spiro atoms. The summed E-state index contributed by atoms with van der Waals surface area (Å²) < 4.78 is 10.6. The van der Waals surface area contributed by atoms with Crippen molar-refractivity contribution in [1.82, 2.24) is 15.1 Å². The molecule has 8 heteroatoms. The summed E-state index contributed by atoms with van der Waals surface area (Å²) in [5.74, 6) is 1.72. The van der Waals surface area contributed by atoms with Crippen LogP contribution in [0.5, 0.6) is 11.5 Å². The molecule has 7 nitrogen and oxygen atoms in total. The zero-order valence-corrected chi connectivity index (χ0v) is 16.4. The molecule has 0 amide bonds. The van der Waals surface area contributed by atoms with Crippen LogP contribution in [0, 0.1) is 6.92 Å². The van der Waals surface area contributed by atoms with E-state index in [9.17, 15) is 5.11 Å². The molecule has 2 heterocycles. The highest BCUT2D eigenvalue weighted by molar-refractivity contribution is 6.32. The lowest BCUT2D eigenvalue weighted by Crippen LogP contribution is -2.23. The lowest BCUT2D eigenvalue weighted by Gasteiger charge is -2.20. The second-order valence-corrected chi connectivity index (χ2v) is 6.37. The highest BCUT2D eigenvalue weighted by atomic mass is 35.5. The molecule has 0 aliphatic rings. The number of phenolic OH excluding ortho intramolecular Hbond substituents is 1. The lowest BCUT2D eigenvalue weighted by molar-refractivity contribution is 0.373. The summed E-state index contributed by atoms with van der Waals surface area (Å²) >= 11 is 6.05. The number of aromatic nitrogens is 3. The molecule has 0 saturated carbocycles. The molecule has 0 saturated heterocycles. The normalized spacial score (nSPS) is 10.9. The first-order valence-electron chi connectivity index (χ1n) is 8.61. The predicted octanol–water partition coefficient (Wildman–Crippen LogP) is 4.32. The molecule has 3 aromatic rings. The van der Waals surface area contributed by atoms with E-state index in [4.69, 9.17) is 20.9 Å². The summed E-state index contributed by atoms with van der Waals surface area (Å²) in [6.45, 7) is 7.80. The quantitative estimate of drug-likeness (QED) is 0.673. The zero-order chi connectivity index (χ0) is 19.6. The average Bonchev–Trinajstić information content (AvgIpc) is 3.15. The Labute approximate surface area is 162 Å². The van der Waals surface area contributed by atoms with Gasteiger partial charge in [0, 0.05) is 29.9 Å². The van der Waals surface area contributed by atoms with Crippen LogP contribution in [0.25, 0.3) is 22.8 Å². The molecule has 27 heavy (non-hydrogen) atoms. The first kappa shape index (κ1) is 19.0. The van der Waals surface area contributed by atoms with Crippen molar-refractivity contribution in [1.29, 1.82) is 0 Å². The van der Waals surface area contributed by atoms with Gasteiger partial charge >= 0.3 is 0 Å². The summed E-state index contributed by atoms with van der Waals surface area (Å²) in [5.41, 5.74) is 2.24. The fraction of sp³-hybridized carbons (Fsp3) is 0.316. The number of methoxy groups -OCH3 is 1. The van der Waals surface area contributed by atoms with Gasteiger partial charge in [-0.1, -0.05) is 16.8 Å². The van der Waals surface area contributed by atoms with Crippen molar-refractivity contribution in [3.05, 3.63) is 35.0 Å². The van der Waals surface area contributed by atoms with Crippen LogP contribution in [0.3, 0.4) is 0 Å². The van der Waals surface area contributed by atoms with Crippen molar-refractivity contribution < 1.29 is 14.4 Å². The molecular formula is C19H21ClN4O3. The summed E-state index contributed by atoms with van der Waals surface area (Å²) in [5, 5.41) is 14.1. The van der Waals surface area contributed by atoms with Gasteiger partial charge in [-0.05, 0) is 45.0 Å². The summed E-state index contributed by atoms with van der Waals surface area (Å²) in [6, 6.07) is 7.00. The molecule has 1 N–H and O–H groups in total. The van der Waals surface area contributed by atoms with Crippen molar-refractivity contribution >= 4 is 17.4 Å². The fourth-order valence-corrected chi connectivity index (χ4v) is 3.01. The maximum atomic E-state index is 9.88. The number of hydrogen-bond donors (Lipinski definition) is 1. The van der Waals surface area contributed by atoms with Crippen LogP contribution in [0.15, 0.2) is 28.8 Å². The van der Waals surface area contributed by atoms with Gasteiger partial charge < -0.3 is 19.3 Å². The second kappa shape index (κ2) is 7.84. The van der Waals surface area contributed by atoms with E-state index in [1.165, 1.54) is 7.11 Å². The highest BCUT2D eigenvalue weighted by Gasteiger charge is 2.17. The molecule has 0 fully saturated rings. The molecule has 3 rings (SSSR count). The van der Waals surface area contributed by atoms with Gasteiger partial charge in [0.05, 0.1) is 12.1 Å². The Bertz CT molecular complexity index is 954. The number of pyridine rings is 1. The van der Waals surface area contributed by atoms with E-state index < -0.39 is 0 Å². The number of halogens is 1. The molecule has 0 radical (unpaired) electrons. The van der Waals surface area contributed by atoms with E-state index in [0.29, 0.717) is 17.3 Å². The number of aryl methyl sites for hydroxylation is 1. The monoisotopic (exact) mass is 388 g/mol. The van der Waals surface area contributed by atoms with E-state index in [1.807, 2.05) is 19.1 Å². The molecule has 142 valence electrons. The lowest BCUT2D eigenvalue weighted by atomic mass is 10.2. The zero-order valence-electron chi connectivity index (χ0n) is 15.7. The molecule has 2 aromatic heterocycles. The molecular weight excluding hydrogens is 368 g/mol. The Hall–Kier alpha value is -2.80. The molecule has 0 atom stereocenters. The van der Waals surface area contributed by atoms with Gasteiger partial charge in [0.2, 0.25) is 5.82 Å². The SMILES string of the molecule is CCN(CC)c1cc(-c2nc(-c3cc(Cl)c(O)c(OC)c3)no2)cc(C)n1. The summed E-state index contributed by atoms with van der Waals surface area (Å²) in [4.78, 5) is 11.2.